The van der Waals surface area contributed by atoms with Gasteiger partial charge in [-0.1, -0.05) is 23.4 Å². The third-order valence-corrected chi connectivity index (χ3v) is 5.20. The van der Waals surface area contributed by atoms with E-state index in [1.54, 1.807) is 6.20 Å². The molecule has 0 atom stereocenters. The van der Waals surface area contributed by atoms with Crippen LogP contribution in [0.15, 0.2) is 35.6 Å². The average molecular weight is 377 g/mol. The Morgan fingerprint density at radius 2 is 2.08 bits per heavy atom. The average Bonchev–Trinajstić information content (AvgIpc) is 2.61. The lowest BCUT2D eigenvalue weighted by Crippen LogP contribution is -2.29. The molecular weight excluding hydrogens is 356 g/mol. The highest BCUT2D eigenvalue weighted by molar-refractivity contribution is 7.99. The second-order valence-electron chi connectivity index (χ2n) is 6.03. The molecule has 1 aliphatic rings. The van der Waals surface area contributed by atoms with Crippen molar-refractivity contribution >= 4 is 40.6 Å². The van der Waals surface area contributed by atoms with Crippen LogP contribution in [-0.4, -0.2) is 34.7 Å². The van der Waals surface area contributed by atoms with Crippen LogP contribution >= 0.6 is 23.4 Å². The van der Waals surface area contributed by atoms with Gasteiger partial charge in [-0.3, -0.25) is 4.79 Å². The predicted octanol–water partition coefficient (Wildman–Crippen LogP) is 4.16. The van der Waals surface area contributed by atoms with Gasteiger partial charge in [0, 0.05) is 30.7 Å². The van der Waals surface area contributed by atoms with Gasteiger partial charge in [-0.25, -0.2) is 9.97 Å². The van der Waals surface area contributed by atoms with Crippen LogP contribution in [0.1, 0.15) is 25.0 Å². The summed E-state index contributed by atoms with van der Waals surface area (Å²) in [5.74, 6) is 0.159. The summed E-state index contributed by atoms with van der Waals surface area (Å²) in [5, 5.41) is 4.16. The summed E-state index contributed by atoms with van der Waals surface area (Å²) in [6, 6.07) is 7.54. The molecule has 1 aromatic heterocycles. The summed E-state index contributed by atoms with van der Waals surface area (Å²) in [6.45, 7) is 3.98. The quantitative estimate of drug-likeness (QED) is 0.627. The van der Waals surface area contributed by atoms with Crippen LogP contribution < -0.4 is 10.2 Å². The number of piperidine rings is 1. The van der Waals surface area contributed by atoms with Gasteiger partial charge in [0.2, 0.25) is 5.91 Å². The van der Waals surface area contributed by atoms with Crippen molar-refractivity contribution in [1.29, 1.82) is 0 Å². The van der Waals surface area contributed by atoms with Crippen molar-refractivity contribution in [2.45, 2.75) is 31.3 Å². The number of aromatic nitrogens is 2. The van der Waals surface area contributed by atoms with E-state index in [9.17, 15) is 4.79 Å². The minimum atomic E-state index is -0.100. The van der Waals surface area contributed by atoms with Crippen molar-refractivity contribution in [2.24, 2.45) is 0 Å². The van der Waals surface area contributed by atoms with E-state index >= 15 is 0 Å². The van der Waals surface area contributed by atoms with Gasteiger partial charge < -0.3 is 10.2 Å². The fourth-order valence-electron chi connectivity index (χ4n) is 2.80. The normalized spacial score (nSPS) is 14.4. The molecule has 132 valence electrons. The van der Waals surface area contributed by atoms with Crippen molar-refractivity contribution in [3.05, 3.63) is 41.2 Å². The number of amides is 1. The molecule has 1 N–H and O–H groups in total. The van der Waals surface area contributed by atoms with Gasteiger partial charge in [0.15, 0.2) is 5.16 Å². The Kier molecular flexibility index (Phi) is 6.15. The highest BCUT2D eigenvalue weighted by Crippen LogP contribution is 2.30. The Labute approximate surface area is 157 Å². The van der Waals surface area contributed by atoms with E-state index in [2.05, 4.69) is 20.2 Å². The minimum Gasteiger partial charge on any atom is -0.370 e. The van der Waals surface area contributed by atoms with Gasteiger partial charge in [-0.05, 0) is 50.5 Å². The smallest absolute Gasteiger partial charge is 0.234 e. The minimum absolute atomic E-state index is 0.100. The Bertz CT molecular complexity index is 750. The van der Waals surface area contributed by atoms with Gasteiger partial charge in [0.25, 0.3) is 0 Å². The summed E-state index contributed by atoms with van der Waals surface area (Å²) >= 11 is 7.73. The molecule has 1 aliphatic heterocycles. The summed E-state index contributed by atoms with van der Waals surface area (Å²) in [6.07, 6.45) is 5.38. The van der Waals surface area contributed by atoms with Crippen molar-refractivity contribution in [3.63, 3.8) is 0 Å². The van der Waals surface area contributed by atoms with Crippen molar-refractivity contribution in [2.75, 3.05) is 29.1 Å². The van der Waals surface area contributed by atoms with Gasteiger partial charge in [0.05, 0.1) is 16.5 Å². The molecule has 1 saturated heterocycles. The van der Waals surface area contributed by atoms with E-state index in [-0.39, 0.29) is 11.7 Å². The largest absolute Gasteiger partial charge is 0.370 e. The number of halogens is 1. The van der Waals surface area contributed by atoms with Crippen LogP contribution in [0.2, 0.25) is 5.02 Å². The highest BCUT2D eigenvalue weighted by Gasteiger charge is 2.14. The highest BCUT2D eigenvalue weighted by atomic mass is 35.5. The third kappa shape index (κ3) is 5.09. The Hall–Kier alpha value is -1.79. The fraction of sp³-hybridized carbons (Fsp3) is 0.389. The lowest BCUT2D eigenvalue weighted by molar-refractivity contribution is -0.113. The second-order valence-corrected chi connectivity index (χ2v) is 7.38. The molecule has 0 radical (unpaired) electrons. The first kappa shape index (κ1) is 18.0. The van der Waals surface area contributed by atoms with Crippen LogP contribution in [0, 0.1) is 6.92 Å². The number of carbonyl (C=O) groups is 1. The number of nitrogens with zero attached hydrogens (tertiary/aromatic N) is 3. The third-order valence-electron chi connectivity index (χ3n) is 4.03. The zero-order valence-electron chi connectivity index (χ0n) is 14.2. The zero-order valence-corrected chi connectivity index (χ0v) is 15.7. The molecule has 1 fully saturated rings. The maximum Gasteiger partial charge on any atom is 0.234 e. The van der Waals surface area contributed by atoms with E-state index in [4.69, 9.17) is 11.6 Å². The molecule has 0 unspecified atom stereocenters. The summed E-state index contributed by atoms with van der Waals surface area (Å²) in [7, 11) is 0. The molecule has 0 spiro atoms. The number of hydrogen-bond donors (Lipinski definition) is 1. The van der Waals surface area contributed by atoms with Crippen molar-refractivity contribution < 1.29 is 4.79 Å². The number of anilines is 2. The van der Waals surface area contributed by atoms with E-state index in [0.717, 1.165) is 24.5 Å². The Balaban J connectivity index is 1.57. The topological polar surface area (TPSA) is 58.1 Å². The molecular formula is C18H21ClN4OS. The van der Waals surface area contributed by atoms with E-state index in [1.165, 1.54) is 31.0 Å². The lowest BCUT2D eigenvalue weighted by atomic mass is 10.1. The van der Waals surface area contributed by atoms with Crippen molar-refractivity contribution in [1.82, 2.24) is 9.97 Å². The van der Waals surface area contributed by atoms with Crippen LogP contribution in [0.5, 0.6) is 0 Å². The van der Waals surface area contributed by atoms with Gasteiger partial charge in [-0.2, -0.15) is 0 Å². The summed E-state index contributed by atoms with van der Waals surface area (Å²) in [5.41, 5.74) is 2.64. The zero-order chi connectivity index (χ0) is 17.6. The van der Waals surface area contributed by atoms with Gasteiger partial charge in [-0.15, -0.1) is 0 Å². The molecule has 5 nitrogen and oxygen atoms in total. The first-order valence-electron chi connectivity index (χ1n) is 8.38. The van der Waals surface area contributed by atoms with Crippen LogP contribution in [-0.2, 0) is 4.79 Å². The van der Waals surface area contributed by atoms with Gasteiger partial charge in [0.1, 0.15) is 0 Å². The number of rotatable bonds is 5. The second kappa shape index (κ2) is 8.54. The number of nitrogens with one attached hydrogen (secondary N) is 1. The molecule has 1 aromatic carbocycles. The molecule has 2 heterocycles. The predicted molar refractivity (Wildman–Crippen MR) is 104 cm³/mol. The number of hydrogen-bond acceptors (Lipinski definition) is 5. The molecule has 3 rings (SSSR count). The van der Waals surface area contributed by atoms with Crippen molar-refractivity contribution in [3.8, 4) is 0 Å². The molecule has 0 saturated carbocycles. The van der Waals surface area contributed by atoms with Crippen LogP contribution in [0.25, 0.3) is 0 Å². The molecule has 25 heavy (non-hydrogen) atoms. The maximum atomic E-state index is 12.1. The first-order valence-corrected chi connectivity index (χ1v) is 9.75. The summed E-state index contributed by atoms with van der Waals surface area (Å²) < 4.78 is 0. The Morgan fingerprint density at radius 3 is 2.80 bits per heavy atom. The van der Waals surface area contributed by atoms with Crippen LogP contribution in [0.3, 0.4) is 0 Å². The number of carbonyl (C=O) groups excluding carboxylic acids is 1. The molecule has 1 amide bonds. The van der Waals surface area contributed by atoms with E-state index in [0.29, 0.717) is 15.9 Å². The molecule has 7 heteroatoms. The SMILES string of the molecule is Cc1ccnc(SCC(=O)Nc2ccc(N3CCCCC3)c(Cl)c2)n1. The van der Waals surface area contributed by atoms with E-state index in [1.807, 2.05) is 31.2 Å². The standard InChI is InChI=1S/C18H21ClN4OS/c1-13-7-8-20-18(21-13)25-12-17(24)22-14-5-6-16(15(19)11-14)23-9-3-2-4-10-23/h5-8,11H,2-4,9-10,12H2,1H3,(H,22,24). The fourth-order valence-corrected chi connectivity index (χ4v) is 3.77. The summed E-state index contributed by atoms with van der Waals surface area (Å²) in [4.78, 5) is 22.9. The van der Waals surface area contributed by atoms with Gasteiger partial charge >= 0.3 is 0 Å². The maximum absolute atomic E-state index is 12.1. The van der Waals surface area contributed by atoms with Crippen LogP contribution in [0.4, 0.5) is 11.4 Å². The number of aryl methyl sites for hydroxylation is 1. The number of thioether (sulfide) groups is 1. The molecule has 0 bridgehead atoms. The first-order chi connectivity index (χ1) is 12.1. The monoisotopic (exact) mass is 376 g/mol. The number of benzene rings is 1. The van der Waals surface area contributed by atoms with E-state index < -0.39 is 0 Å². The lowest BCUT2D eigenvalue weighted by Gasteiger charge is -2.29. The molecule has 0 aliphatic carbocycles. The Morgan fingerprint density at radius 1 is 1.28 bits per heavy atom. The molecule has 2 aromatic rings.